The van der Waals surface area contributed by atoms with E-state index in [1.54, 1.807) is 48.5 Å². The van der Waals surface area contributed by atoms with Crippen LogP contribution in [0.25, 0.3) is 0 Å². The molecule has 2 aromatic carbocycles. The van der Waals surface area contributed by atoms with E-state index in [2.05, 4.69) is 5.32 Å². The van der Waals surface area contributed by atoms with Crippen molar-refractivity contribution >= 4 is 44.8 Å². The fourth-order valence-electron chi connectivity index (χ4n) is 1.98. The lowest BCUT2D eigenvalue weighted by atomic mass is 10.2. The number of hydrogen-bond acceptors (Lipinski definition) is 3. The molecule has 0 atom stereocenters. The number of nitrogens with zero attached hydrogens (tertiary/aromatic N) is 1. The van der Waals surface area contributed by atoms with Gasteiger partial charge in [0.1, 0.15) is 0 Å². The Bertz CT molecular complexity index is 806. The highest BCUT2D eigenvalue weighted by Gasteiger charge is 2.20. The van der Waals surface area contributed by atoms with Crippen LogP contribution in [0, 0.1) is 0 Å². The summed E-state index contributed by atoms with van der Waals surface area (Å²) in [5, 5.41) is 3.75. The minimum atomic E-state index is -3.55. The maximum Gasteiger partial charge on any atom is 0.239 e. The molecule has 0 aliphatic rings. The van der Waals surface area contributed by atoms with E-state index in [0.29, 0.717) is 15.7 Å². The number of hydrogen-bond donors (Lipinski definition) is 1. The molecule has 0 saturated heterocycles. The van der Waals surface area contributed by atoms with E-state index >= 15 is 0 Å². The van der Waals surface area contributed by atoms with Crippen LogP contribution in [-0.2, 0) is 21.4 Å². The monoisotopic (exact) mass is 386 g/mol. The number of amides is 1. The zero-order valence-corrected chi connectivity index (χ0v) is 15.2. The minimum Gasteiger partial charge on any atom is -0.325 e. The zero-order chi connectivity index (χ0) is 17.7. The maximum atomic E-state index is 12.1. The van der Waals surface area contributed by atoms with E-state index in [-0.39, 0.29) is 13.1 Å². The summed E-state index contributed by atoms with van der Waals surface area (Å²) in [6.45, 7) is -0.200. The minimum absolute atomic E-state index is 0.0873. The fraction of sp³-hybridized carbons (Fsp3) is 0.188. The summed E-state index contributed by atoms with van der Waals surface area (Å²) in [5.41, 5.74) is 1.29. The summed E-state index contributed by atoms with van der Waals surface area (Å²) in [6, 6.07) is 13.3. The average molecular weight is 387 g/mol. The molecule has 0 fully saturated rings. The van der Waals surface area contributed by atoms with E-state index in [9.17, 15) is 13.2 Å². The van der Waals surface area contributed by atoms with Gasteiger partial charge in [-0.2, -0.15) is 4.31 Å². The van der Waals surface area contributed by atoms with Gasteiger partial charge in [-0.25, -0.2) is 8.42 Å². The third-order valence-corrected chi connectivity index (χ3v) is 4.89. The van der Waals surface area contributed by atoms with Gasteiger partial charge in [-0.3, -0.25) is 4.79 Å². The topological polar surface area (TPSA) is 66.5 Å². The number of carbonyl (C=O) groups is 1. The van der Waals surface area contributed by atoms with Gasteiger partial charge in [-0.1, -0.05) is 35.3 Å². The molecule has 0 aliphatic heterocycles. The molecule has 0 aliphatic carbocycles. The van der Waals surface area contributed by atoms with Gasteiger partial charge in [-0.05, 0) is 42.0 Å². The van der Waals surface area contributed by atoms with Gasteiger partial charge in [0.25, 0.3) is 0 Å². The predicted octanol–water partition coefficient (Wildman–Crippen LogP) is 3.39. The van der Waals surface area contributed by atoms with Crippen molar-refractivity contribution in [3.63, 3.8) is 0 Å². The van der Waals surface area contributed by atoms with Crippen LogP contribution in [-0.4, -0.2) is 31.4 Å². The first-order valence-electron chi connectivity index (χ1n) is 6.99. The summed E-state index contributed by atoms with van der Waals surface area (Å²) >= 11 is 11.6. The highest BCUT2D eigenvalue weighted by Crippen LogP contribution is 2.15. The van der Waals surface area contributed by atoms with Crippen molar-refractivity contribution in [2.45, 2.75) is 6.54 Å². The smallest absolute Gasteiger partial charge is 0.239 e. The molecule has 1 amide bonds. The highest BCUT2D eigenvalue weighted by atomic mass is 35.5. The second-order valence-corrected chi connectivity index (χ2v) is 8.07. The van der Waals surface area contributed by atoms with Crippen LogP contribution >= 0.6 is 23.2 Å². The second-order valence-electron chi connectivity index (χ2n) is 5.21. The SMILES string of the molecule is CS(=O)(=O)N(CC(=O)Nc1ccc(Cl)cc1)Cc1ccc(Cl)cc1. The molecule has 1 N–H and O–H groups in total. The number of halogens is 2. The van der Waals surface area contributed by atoms with Crippen molar-refractivity contribution < 1.29 is 13.2 Å². The van der Waals surface area contributed by atoms with Crippen molar-refractivity contribution in [3.8, 4) is 0 Å². The Hall–Kier alpha value is -1.60. The summed E-state index contributed by atoms with van der Waals surface area (Å²) in [5.74, 6) is -0.434. The first kappa shape index (κ1) is 18.7. The lowest BCUT2D eigenvalue weighted by Crippen LogP contribution is -2.36. The molecule has 24 heavy (non-hydrogen) atoms. The molecule has 0 bridgehead atoms. The first-order chi connectivity index (χ1) is 11.2. The van der Waals surface area contributed by atoms with Crippen LogP contribution in [0.1, 0.15) is 5.56 Å². The lowest BCUT2D eigenvalue weighted by Gasteiger charge is -2.19. The summed E-state index contributed by atoms with van der Waals surface area (Å²) in [7, 11) is -3.55. The van der Waals surface area contributed by atoms with E-state index in [0.717, 1.165) is 16.1 Å². The Morgan fingerprint density at radius 1 is 1.00 bits per heavy atom. The third-order valence-electron chi connectivity index (χ3n) is 3.19. The van der Waals surface area contributed by atoms with Crippen LogP contribution in [0.4, 0.5) is 5.69 Å². The molecule has 0 aromatic heterocycles. The van der Waals surface area contributed by atoms with Crippen molar-refractivity contribution in [3.05, 3.63) is 64.1 Å². The quantitative estimate of drug-likeness (QED) is 0.826. The van der Waals surface area contributed by atoms with Gasteiger partial charge in [0.05, 0.1) is 12.8 Å². The van der Waals surface area contributed by atoms with Crippen LogP contribution < -0.4 is 5.32 Å². The van der Waals surface area contributed by atoms with E-state index < -0.39 is 15.9 Å². The van der Waals surface area contributed by atoms with Crippen LogP contribution in [0.5, 0.6) is 0 Å². The number of rotatable bonds is 6. The number of sulfonamides is 1. The lowest BCUT2D eigenvalue weighted by molar-refractivity contribution is -0.116. The summed E-state index contributed by atoms with van der Waals surface area (Å²) in [4.78, 5) is 12.1. The third kappa shape index (κ3) is 5.79. The average Bonchev–Trinajstić information content (AvgIpc) is 2.50. The van der Waals surface area contributed by atoms with Gasteiger partial charge in [0, 0.05) is 22.3 Å². The Morgan fingerprint density at radius 2 is 1.50 bits per heavy atom. The van der Waals surface area contributed by atoms with Crippen LogP contribution in [0.3, 0.4) is 0 Å². The normalized spacial score (nSPS) is 11.5. The summed E-state index contributed by atoms with van der Waals surface area (Å²) < 4.78 is 25.0. The Kier molecular flexibility index (Phi) is 6.23. The van der Waals surface area contributed by atoms with Gasteiger partial charge >= 0.3 is 0 Å². The first-order valence-corrected chi connectivity index (χ1v) is 9.59. The van der Waals surface area contributed by atoms with Gasteiger partial charge in [-0.15, -0.1) is 0 Å². The molecular weight excluding hydrogens is 371 g/mol. The second kappa shape index (κ2) is 7.98. The highest BCUT2D eigenvalue weighted by molar-refractivity contribution is 7.88. The number of anilines is 1. The zero-order valence-electron chi connectivity index (χ0n) is 12.9. The van der Waals surface area contributed by atoms with Crippen molar-refractivity contribution in [2.75, 3.05) is 18.1 Å². The molecule has 0 radical (unpaired) electrons. The van der Waals surface area contributed by atoms with Crippen LogP contribution in [0.15, 0.2) is 48.5 Å². The fourth-order valence-corrected chi connectivity index (χ4v) is 2.97. The number of carbonyl (C=O) groups excluding carboxylic acids is 1. The van der Waals surface area contributed by atoms with Crippen molar-refractivity contribution in [1.82, 2.24) is 4.31 Å². The maximum absolute atomic E-state index is 12.1. The largest absolute Gasteiger partial charge is 0.325 e. The standard InChI is InChI=1S/C16H16Cl2N2O3S/c1-24(22,23)20(10-12-2-4-13(17)5-3-12)11-16(21)19-15-8-6-14(18)7-9-15/h2-9H,10-11H2,1H3,(H,19,21). The van der Waals surface area contributed by atoms with E-state index in [4.69, 9.17) is 23.2 Å². The van der Waals surface area contributed by atoms with Gasteiger partial charge in [0.2, 0.25) is 15.9 Å². The van der Waals surface area contributed by atoms with Gasteiger partial charge < -0.3 is 5.32 Å². The summed E-state index contributed by atoms with van der Waals surface area (Å²) in [6.07, 6.45) is 1.07. The molecule has 0 saturated carbocycles. The molecule has 0 heterocycles. The number of nitrogens with one attached hydrogen (secondary N) is 1. The van der Waals surface area contributed by atoms with Crippen molar-refractivity contribution in [2.24, 2.45) is 0 Å². The molecule has 8 heteroatoms. The molecule has 2 aromatic rings. The van der Waals surface area contributed by atoms with Crippen molar-refractivity contribution in [1.29, 1.82) is 0 Å². The van der Waals surface area contributed by atoms with E-state index in [1.807, 2.05) is 0 Å². The molecular formula is C16H16Cl2N2O3S. The molecule has 5 nitrogen and oxygen atoms in total. The Labute approximate surface area is 151 Å². The Balaban J connectivity index is 2.06. The predicted molar refractivity (Wildman–Crippen MR) is 96.8 cm³/mol. The van der Waals surface area contributed by atoms with E-state index in [1.165, 1.54) is 0 Å². The molecule has 0 spiro atoms. The molecule has 128 valence electrons. The van der Waals surface area contributed by atoms with Crippen LogP contribution in [0.2, 0.25) is 10.0 Å². The molecule has 2 rings (SSSR count). The Morgan fingerprint density at radius 3 is 2.00 bits per heavy atom. The number of benzene rings is 2. The van der Waals surface area contributed by atoms with Gasteiger partial charge in [0.15, 0.2) is 0 Å². The molecule has 0 unspecified atom stereocenters.